The summed E-state index contributed by atoms with van der Waals surface area (Å²) >= 11 is 4.35. The van der Waals surface area contributed by atoms with Crippen molar-refractivity contribution < 1.29 is 9.72 Å². The number of carbonyl (C=O) groups is 1. The summed E-state index contributed by atoms with van der Waals surface area (Å²) in [5.74, 6) is -0.268. The van der Waals surface area contributed by atoms with Gasteiger partial charge in [-0.25, -0.2) is 4.98 Å². The van der Waals surface area contributed by atoms with Crippen LogP contribution in [0.15, 0.2) is 28.1 Å². The van der Waals surface area contributed by atoms with Gasteiger partial charge in [0.05, 0.1) is 21.5 Å². The van der Waals surface area contributed by atoms with E-state index < -0.39 is 4.92 Å². The number of halogens is 1. The van der Waals surface area contributed by atoms with Crippen molar-refractivity contribution in [2.75, 3.05) is 11.1 Å². The zero-order valence-electron chi connectivity index (χ0n) is 10.00. The van der Waals surface area contributed by atoms with Gasteiger partial charge < -0.3 is 11.1 Å². The minimum absolute atomic E-state index is 0.0599. The van der Waals surface area contributed by atoms with Crippen molar-refractivity contribution in [3.05, 3.63) is 43.9 Å². The van der Waals surface area contributed by atoms with Gasteiger partial charge in [-0.3, -0.25) is 14.9 Å². The molecule has 7 nitrogen and oxygen atoms in total. The van der Waals surface area contributed by atoms with E-state index >= 15 is 0 Å². The molecule has 3 N–H and O–H groups in total. The van der Waals surface area contributed by atoms with Gasteiger partial charge in [0, 0.05) is 17.1 Å². The van der Waals surface area contributed by atoms with Crippen LogP contribution < -0.4 is 11.1 Å². The molecule has 0 aliphatic heterocycles. The van der Waals surface area contributed by atoms with E-state index in [4.69, 9.17) is 5.73 Å². The van der Waals surface area contributed by atoms with Crippen molar-refractivity contribution in [1.29, 1.82) is 0 Å². The van der Waals surface area contributed by atoms with Gasteiger partial charge in [0.25, 0.3) is 5.69 Å². The highest BCUT2D eigenvalue weighted by atomic mass is 79.9. The smallest absolute Gasteiger partial charge is 0.283 e. The van der Waals surface area contributed by atoms with Crippen molar-refractivity contribution in [2.24, 2.45) is 0 Å². The topological polar surface area (TPSA) is 111 Å². The zero-order valence-corrected chi connectivity index (χ0v) is 12.4. The van der Waals surface area contributed by atoms with E-state index in [1.165, 1.54) is 29.5 Å². The summed E-state index contributed by atoms with van der Waals surface area (Å²) in [7, 11) is 0. The maximum Gasteiger partial charge on any atom is 0.283 e. The molecular formula is C11H9BrN4O3S. The largest absolute Gasteiger partial charge is 0.375 e. The minimum Gasteiger partial charge on any atom is -0.375 e. The fourth-order valence-corrected chi connectivity index (χ4v) is 2.59. The molecule has 1 amide bonds. The molecule has 2 aromatic rings. The average Bonchev–Trinajstić information content (AvgIpc) is 2.74. The number of hydrogen-bond acceptors (Lipinski definition) is 6. The van der Waals surface area contributed by atoms with Gasteiger partial charge in [-0.05, 0) is 28.1 Å². The first-order valence-electron chi connectivity index (χ1n) is 5.39. The predicted molar refractivity (Wildman–Crippen MR) is 79.7 cm³/mol. The van der Waals surface area contributed by atoms with Crippen molar-refractivity contribution in [3.63, 3.8) is 0 Å². The third kappa shape index (κ3) is 3.52. The summed E-state index contributed by atoms with van der Waals surface area (Å²) in [4.78, 5) is 25.9. The number of anilines is 2. The lowest BCUT2D eigenvalue weighted by Crippen LogP contribution is -2.14. The molecule has 0 fully saturated rings. The van der Waals surface area contributed by atoms with E-state index in [9.17, 15) is 14.9 Å². The van der Waals surface area contributed by atoms with Gasteiger partial charge in [-0.2, -0.15) is 0 Å². The molecule has 0 saturated carbocycles. The number of nitrogens with two attached hydrogens (primary N) is 1. The Hall–Kier alpha value is -2.00. The minimum atomic E-state index is -0.506. The van der Waals surface area contributed by atoms with Crippen LogP contribution in [-0.4, -0.2) is 15.8 Å². The molecule has 104 valence electrons. The molecule has 9 heteroatoms. The molecule has 1 aromatic carbocycles. The molecule has 0 radical (unpaired) electrons. The van der Waals surface area contributed by atoms with Crippen LogP contribution in [0.4, 0.5) is 16.5 Å². The Morgan fingerprint density at radius 1 is 1.55 bits per heavy atom. The summed E-state index contributed by atoms with van der Waals surface area (Å²) < 4.78 is 0.304. The van der Waals surface area contributed by atoms with Crippen molar-refractivity contribution in [3.8, 4) is 0 Å². The number of aromatic nitrogens is 1. The van der Waals surface area contributed by atoms with Crippen LogP contribution in [0.2, 0.25) is 0 Å². The average molecular weight is 357 g/mol. The summed E-state index contributed by atoms with van der Waals surface area (Å²) in [6, 6.07) is 4.27. The van der Waals surface area contributed by atoms with E-state index in [-0.39, 0.29) is 18.0 Å². The molecule has 0 atom stereocenters. The molecule has 0 spiro atoms. The molecule has 2 rings (SSSR count). The molecule has 0 saturated heterocycles. The molecule has 0 aliphatic carbocycles. The first kappa shape index (κ1) is 14.4. The number of nitro groups is 1. The van der Waals surface area contributed by atoms with Crippen LogP contribution in [0.3, 0.4) is 0 Å². The Bertz CT molecular complexity index is 673. The van der Waals surface area contributed by atoms with Crippen molar-refractivity contribution in [1.82, 2.24) is 4.98 Å². The molecule has 1 aromatic heterocycles. The van der Waals surface area contributed by atoms with Crippen molar-refractivity contribution >= 4 is 49.7 Å². The number of carbonyl (C=O) groups excluding carboxylic acids is 1. The normalized spacial score (nSPS) is 10.2. The number of thiazole rings is 1. The van der Waals surface area contributed by atoms with Gasteiger partial charge in [-0.15, -0.1) is 11.3 Å². The number of amides is 1. The second kappa shape index (κ2) is 5.97. The quantitative estimate of drug-likeness (QED) is 0.645. The number of nitrogens with zero attached hydrogens (tertiary/aromatic N) is 2. The number of rotatable bonds is 4. The fraction of sp³-hybridized carbons (Fsp3) is 0.0909. The van der Waals surface area contributed by atoms with Crippen molar-refractivity contribution in [2.45, 2.75) is 6.42 Å². The number of hydrogen-bond donors (Lipinski definition) is 2. The third-order valence-corrected chi connectivity index (χ3v) is 3.70. The van der Waals surface area contributed by atoms with Gasteiger partial charge in [0.2, 0.25) is 5.91 Å². The summed E-state index contributed by atoms with van der Waals surface area (Å²) in [5, 5.41) is 15.4. The standard InChI is InChI=1S/C11H9BrN4O3S/c12-8-3-6(1-2-9(8)16(18)19)14-10(17)4-7-5-20-11(13)15-7/h1-3,5H,4H2,(H2,13,15)(H,14,17). The fourth-order valence-electron chi connectivity index (χ4n) is 1.51. The van der Waals surface area contributed by atoms with Crippen LogP contribution in [0, 0.1) is 10.1 Å². The molecule has 1 heterocycles. The highest BCUT2D eigenvalue weighted by Crippen LogP contribution is 2.27. The van der Waals surface area contributed by atoms with E-state index in [0.717, 1.165) is 0 Å². The van der Waals surface area contributed by atoms with Crippen LogP contribution in [0.1, 0.15) is 5.69 Å². The number of nitro benzene ring substituents is 1. The van der Waals surface area contributed by atoms with E-state index in [2.05, 4.69) is 26.2 Å². The highest BCUT2D eigenvalue weighted by molar-refractivity contribution is 9.10. The lowest BCUT2D eigenvalue weighted by atomic mass is 10.2. The first-order chi connectivity index (χ1) is 9.45. The van der Waals surface area contributed by atoms with Crippen LogP contribution >= 0.6 is 27.3 Å². The van der Waals surface area contributed by atoms with E-state index in [1.807, 2.05) is 0 Å². The van der Waals surface area contributed by atoms with Crippen LogP contribution in [0.5, 0.6) is 0 Å². The van der Waals surface area contributed by atoms with E-state index in [0.29, 0.717) is 21.0 Å². The summed E-state index contributed by atoms with van der Waals surface area (Å²) in [6.07, 6.45) is 0.0995. The molecule has 0 aliphatic rings. The van der Waals surface area contributed by atoms with Crippen LogP contribution in [-0.2, 0) is 11.2 Å². The Balaban J connectivity index is 2.04. The first-order valence-corrected chi connectivity index (χ1v) is 7.06. The van der Waals surface area contributed by atoms with Gasteiger partial charge in [-0.1, -0.05) is 0 Å². The zero-order chi connectivity index (χ0) is 14.7. The van der Waals surface area contributed by atoms with Gasteiger partial charge in [0.1, 0.15) is 0 Å². The Kier molecular flexibility index (Phi) is 4.30. The number of nitrogens with one attached hydrogen (secondary N) is 1. The van der Waals surface area contributed by atoms with Crippen LogP contribution in [0.25, 0.3) is 0 Å². The second-order valence-corrected chi connectivity index (χ2v) is 5.57. The Labute approximate surface area is 126 Å². The highest BCUT2D eigenvalue weighted by Gasteiger charge is 2.13. The molecule has 0 bridgehead atoms. The summed E-state index contributed by atoms with van der Waals surface area (Å²) in [6.45, 7) is 0. The Morgan fingerprint density at radius 2 is 2.30 bits per heavy atom. The molecule has 0 unspecified atom stereocenters. The van der Waals surface area contributed by atoms with Gasteiger partial charge >= 0.3 is 0 Å². The maximum atomic E-state index is 11.8. The maximum absolute atomic E-state index is 11.8. The number of benzene rings is 1. The molecule has 20 heavy (non-hydrogen) atoms. The van der Waals surface area contributed by atoms with E-state index in [1.54, 1.807) is 5.38 Å². The predicted octanol–water partition coefficient (Wildman–Crippen LogP) is 2.58. The third-order valence-electron chi connectivity index (χ3n) is 2.34. The molecular weight excluding hydrogens is 348 g/mol. The summed E-state index contributed by atoms with van der Waals surface area (Å²) in [5.41, 5.74) is 6.47. The second-order valence-electron chi connectivity index (χ2n) is 3.83. The Morgan fingerprint density at radius 3 is 2.85 bits per heavy atom. The SMILES string of the molecule is Nc1nc(CC(=O)Nc2ccc([N+](=O)[O-])c(Br)c2)cs1. The number of nitrogen functional groups attached to an aromatic ring is 1. The lowest BCUT2D eigenvalue weighted by Gasteiger charge is -2.04. The monoisotopic (exact) mass is 356 g/mol. The van der Waals surface area contributed by atoms with Gasteiger partial charge in [0.15, 0.2) is 5.13 Å². The lowest BCUT2D eigenvalue weighted by molar-refractivity contribution is -0.385.